The summed E-state index contributed by atoms with van der Waals surface area (Å²) in [6.45, 7) is 4.50. The fraction of sp³-hybridized carbons (Fsp3) is 0.667. The van der Waals surface area contributed by atoms with Crippen molar-refractivity contribution in [1.82, 2.24) is 20.3 Å². The third-order valence-corrected chi connectivity index (χ3v) is 3.03. The molecule has 1 saturated carbocycles. The molecular weight excluding hydrogens is 248 g/mol. The molecule has 0 bridgehead atoms. The first-order valence-electron chi connectivity index (χ1n) is 6.45. The van der Waals surface area contributed by atoms with Crippen LogP contribution in [0.4, 0.5) is 0 Å². The number of hydrogen-bond donors (Lipinski definition) is 1. The number of ether oxygens (including phenoxy) is 1. The quantitative estimate of drug-likeness (QED) is 0.748. The van der Waals surface area contributed by atoms with E-state index in [9.17, 15) is 9.59 Å². The van der Waals surface area contributed by atoms with Crippen molar-refractivity contribution < 1.29 is 14.3 Å². The van der Waals surface area contributed by atoms with Crippen molar-refractivity contribution in [3.05, 3.63) is 11.4 Å². The molecule has 0 aromatic carbocycles. The molecule has 1 aliphatic carbocycles. The Morgan fingerprint density at radius 1 is 1.47 bits per heavy atom. The second-order valence-electron chi connectivity index (χ2n) is 4.65. The molecule has 1 aliphatic rings. The number of carbonyl (C=O) groups is 2. The summed E-state index contributed by atoms with van der Waals surface area (Å²) in [5.41, 5.74) is 0.705. The number of carbonyl (C=O) groups excluding carboxylic acids is 2. The van der Waals surface area contributed by atoms with Crippen molar-refractivity contribution in [1.29, 1.82) is 0 Å². The molecule has 7 nitrogen and oxygen atoms in total. The van der Waals surface area contributed by atoms with E-state index in [1.807, 2.05) is 0 Å². The maximum atomic E-state index is 11.7. The van der Waals surface area contributed by atoms with Gasteiger partial charge in [-0.25, -0.2) is 9.48 Å². The maximum Gasteiger partial charge on any atom is 0.360 e. The van der Waals surface area contributed by atoms with Crippen LogP contribution in [-0.4, -0.2) is 40.0 Å². The van der Waals surface area contributed by atoms with Crippen LogP contribution in [0.5, 0.6) is 0 Å². The molecule has 1 aromatic rings. The van der Waals surface area contributed by atoms with Crippen LogP contribution >= 0.6 is 0 Å². The van der Waals surface area contributed by atoms with E-state index < -0.39 is 5.97 Å². The van der Waals surface area contributed by atoms with Crippen LogP contribution in [0.3, 0.4) is 0 Å². The highest BCUT2D eigenvalue weighted by molar-refractivity contribution is 5.88. The highest BCUT2D eigenvalue weighted by atomic mass is 16.5. The first kappa shape index (κ1) is 13.5. The highest BCUT2D eigenvalue weighted by Gasteiger charge is 2.22. The lowest BCUT2D eigenvalue weighted by Gasteiger charge is -2.05. The number of rotatable bonds is 6. The fourth-order valence-electron chi connectivity index (χ4n) is 1.67. The summed E-state index contributed by atoms with van der Waals surface area (Å²) in [4.78, 5) is 23.2. The Labute approximate surface area is 111 Å². The normalized spacial score (nSPS) is 14.2. The second-order valence-corrected chi connectivity index (χ2v) is 4.65. The van der Waals surface area contributed by atoms with E-state index in [4.69, 9.17) is 4.74 Å². The summed E-state index contributed by atoms with van der Waals surface area (Å²) in [7, 11) is 0. The van der Waals surface area contributed by atoms with Gasteiger partial charge in [-0.15, -0.1) is 5.10 Å². The summed E-state index contributed by atoms with van der Waals surface area (Å²) in [6, 6.07) is 0. The zero-order valence-electron chi connectivity index (χ0n) is 11.2. The minimum atomic E-state index is -0.510. The van der Waals surface area contributed by atoms with Gasteiger partial charge >= 0.3 is 5.97 Å². The van der Waals surface area contributed by atoms with E-state index in [0.29, 0.717) is 11.6 Å². The summed E-state index contributed by atoms with van der Waals surface area (Å²) in [6.07, 6.45) is 2.38. The molecule has 0 aliphatic heterocycles. The molecule has 0 atom stereocenters. The molecule has 104 valence electrons. The average molecular weight is 266 g/mol. The maximum absolute atomic E-state index is 11.7. The van der Waals surface area contributed by atoms with Crippen LogP contribution < -0.4 is 5.32 Å². The number of hydrogen-bond acceptors (Lipinski definition) is 5. The first-order valence-corrected chi connectivity index (χ1v) is 6.45. The molecule has 0 saturated heterocycles. The number of aromatic nitrogens is 3. The molecule has 0 unspecified atom stereocenters. The van der Waals surface area contributed by atoms with Gasteiger partial charge in [-0.2, -0.15) is 0 Å². The minimum Gasteiger partial charge on any atom is -0.461 e. The van der Waals surface area contributed by atoms with Crippen LogP contribution in [0.15, 0.2) is 0 Å². The number of nitrogens with one attached hydrogen (secondary N) is 1. The van der Waals surface area contributed by atoms with Gasteiger partial charge in [0.1, 0.15) is 6.54 Å². The molecule has 19 heavy (non-hydrogen) atoms. The number of amides is 1. The molecule has 7 heteroatoms. The lowest BCUT2D eigenvalue weighted by Crippen LogP contribution is -2.30. The zero-order valence-corrected chi connectivity index (χ0v) is 11.2. The van der Waals surface area contributed by atoms with Gasteiger partial charge in [-0.05, 0) is 32.6 Å². The van der Waals surface area contributed by atoms with Gasteiger partial charge < -0.3 is 10.1 Å². The molecule has 1 heterocycles. The van der Waals surface area contributed by atoms with E-state index in [-0.39, 0.29) is 24.8 Å². The number of esters is 1. The van der Waals surface area contributed by atoms with Gasteiger partial charge in [0, 0.05) is 6.54 Å². The molecular formula is C12H18N4O3. The molecule has 1 amide bonds. The van der Waals surface area contributed by atoms with Crippen LogP contribution in [-0.2, 0) is 16.1 Å². The van der Waals surface area contributed by atoms with Gasteiger partial charge in [0.2, 0.25) is 5.91 Å². The van der Waals surface area contributed by atoms with Crippen molar-refractivity contribution in [3.63, 3.8) is 0 Å². The average Bonchev–Trinajstić information content (AvgIpc) is 3.13. The summed E-state index contributed by atoms with van der Waals surface area (Å²) in [5, 5.41) is 10.4. The molecule has 2 rings (SSSR count). The van der Waals surface area contributed by atoms with Gasteiger partial charge in [0.05, 0.1) is 12.3 Å². The Kier molecular flexibility index (Phi) is 4.13. The van der Waals surface area contributed by atoms with E-state index in [2.05, 4.69) is 15.6 Å². The van der Waals surface area contributed by atoms with Gasteiger partial charge in [-0.1, -0.05) is 5.21 Å². The van der Waals surface area contributed by atoms with Crippen LogP contribution in [0, 0.1) is 12.8 Å². The van der Waals surface area contributed by atoms with Crippen LogP contribution in [0.2, 0.25) is 0 Å². The third-order valence-electron chi connectivity index (χ3n) is 3.03. The summed E-state index contributed by atoms with van der Waals surface area (Å²) in [5.74, 6) is 0.0100. The monoisotopic (exact) mass is 266 g/mol. The van der Waals surface area contributed by atoms with Crippen molar-refractivity contribution in [2.75, 3.05) is 13.2 Å². The SMILES string of the molecule is CCOC(=O)c1nnn(CC(=O)NCC2CC2)c1C. The van der Waals surface area contributed by atoms with Crippen molar-refractivity contribution in [3.8, 4) is 0 Å². The van der Waals surface area contributed by atoms with Crippen molar-refractivity contribution in [2.45, 2.75) is 33.2 Å². The third kappa shape index (κ3) is 3.52. The Hall–Kier alpha value is -1.92. The Bertz CT molecular complexity index is 479. The first-order chi connectivity index (χ1) is 9.11. The molecule has 1 aromatic heterocycles. The van der Waals surface area contributed by atoms with Crippen LogP contribution in [0.25, 0.3) is 0 Å². The molecule has 0 spiro atoms. The zero-order chi connectivity index (χ0) is 13.8. The van der Waals surface area contributed by atoms with Crippen LogP contribution in [0.1, 0.15) is 35.9 Å². The van der Waals surface area contributed by atoms with E-state index >= 15 is 0 Å². The predicted octanol–water partition coefficient (Wildman–Crippen LogP) is 0.289. The topological polar surface area (TPSA) is 86.1 Å². The molecule has 0 radical (unpaired) electrons. The van der Waals surface area contributed by atoms with E-state index in [0.717, 1.165) is 6.54 Å². The van der Waals surface area contributed by atoms with E-state index in [1.54, 1.807) is 13.8 Å². The van der Waals surface area contributed by atoms with Crippen molar-refractivity contribution in [2.24, 2.45) is 5.92 Å². The minimum absolute atomic E-state index is 0.0744. The Balaban J connectivity index is 1.92. The largest absolute Gasteiger partial charge is 0.461 e. The van der Waals surface area contributed by atoms with Gasteiger partial charge in [0.25, 0.3) is 0 Å². The van der Waals surface area contributed by atoms with Gasteiger partial charge in [-0.3, -0.25) is 4.79 Å². The fourth-order valence-corrected chi connectivity index (χ4v) is 1.67. The highest BCUT2D eigenvalue weighted by Crippen LogP contribution is 2.27. The smallest absolute Gasteiger partial charge is 0.360 e. The number of nitrogens with zero attached hydrogens (tertiary/aromatic N) is 3. The Morgan fingerprint density at radius 3 is 2.84 bits per heavy atom. The lowest BCUT2D eigenvalue weighted by molar-refractivity contribution is -0.121. The molecule has 1 N–H and O–H groups in total. The standard InChI is InChI=1S/C12H18N4O3/c1-3-19-12(18)11-8(2)16(15-14-11)7-10(17)13-6-9-4-5-9/h9H,3-7H2,1-2H3,(H,13,17). The van der Waals surface area contributed by atoms with Crippen molar-refractivity contribution >= 4 is 11.9 Å². The second kappa shape index (κ2) is 5.81. The predicted molar refractivity (Wildman–Crippen MR) is 66.4 cm³/mol. The van der Waals surface area contributed by atoms with Gasteiger partial charge in [0.15, 0.2) is 5.69 Å². The Morgan fingerprint density at radius 2 is 2.21 bits per heavy atom. The van der Waals surface area contributed by atoms with E-state index in [1.165, 1.54) is 17.5 Å². The summed E-state index contributed by atoms with van der Waals surface area (Å²) >= 11 is 0. The molecule has 1 fully saturated rings. The lowest BCUT2D eigenvalue weighted by atomic mass is 10.3. The summed E-state index contributed by atoms with van der Waals surface area (Å²) < 4.78 is 6.27.